The lowest BCUT2D eigenvalue weighted by Gasteiger charge is -2.11. The quantitative estimate of drug-likeness (QED) is 0.747. The molecule has 0 bridgehead atoms. The first-order valence-corrected chi connectivity index (χ1v) is 6.73. The molecule has 0 heterocycles. The van der Waals surface area contributed by atoms with Crippen LogP contribution in [0.1, 0.15) is 48.0 Å². The van der Waals surface area contributed by atoms with Crippen LogP contribution in [0.3, 0.4) is 0 Å². The highest BCUT2D eigenvalue weighted by molar-refractivity contribution is 5.78. The van der Waals surface area contributed by atoms with Crippen LogP contribution in [0.5, 0.6) is 0 Å². The summed E-state index contributed by atoms with van der Waals surface area (Å²) in [6.07, 6.45) is 1.05. The molecule has 100 valence electrons. The zero-order valence-corrected chi connectivity index (χ0v) is 12.2. The van der Waals surface area contributed by atoms with E-state index >= 15 is 0 Å². The Bertz CT molecular complexity index is 270. The average Bonchev–Trinajstić information content (AvgIpc) is 2.63. The molecule has 0 saturated heterocycles. The number of nitrogens with one attached hydrogen (secondary N) is 2. The summed E-state index contributed by atoms with van der Waals surface area (Å²) in [6.45, 7) is 14.6. The minimum absolute atomic E-state index is 0.115. The van der Waals surface area contributed by atoms with E-state index in [9.17, 15) is 4.79 Å². The van der Waals surface area contributed by atoms with Crippen molar-refractivity contribution in [2.24, 2.45) is 16.7 Å². The summed E-state index contributed by atoms with van der Waals surface area (Å²) in [5.74, 6) is 0.714. The van der Waals surface area contributed by atoms with E-state index in [1.165, 1.54) is 0 Å². The first-order valence-electron chi connectivity index (χ1n) is 6.73. The zero-order chi connectivity index (χ0) is 13.3. The molecule has 1 atom stereocenters. The molecule has 1 rings (SSSR count). The standard InChI is InChI=1S/C14H28N2O/c1-7-10(2)15-9-12(17)16-8-11-13(3,4)14(11,5)6/h10-11,15H,7-9H2,1-6H3,(H,16,17). The van der Waals surface area contributed by atoms with E-state index in [1.807, 2.05) is 0 Å². The topological polar surface area (TPSA) is 41.1 Å². The molecule has 1 amide bonds. The number of hydrogen-bond donors (Lipinski definition) is 2. The molecule has 0 aromatic carbocycles. The number of hydrogen-bond acceptors (Lipinski definition) is 2. The minimum Gasteiger partial charge on any atom is -0.355 e. The molecule has 1 aliphatic carbocycles. The largest absolute Gasteiger partial charge is 0.355 e. The predicted molar refractivity (Wildman–Crippen MR) is 71.8 cm³/mol. The van der Waals surface area contributed by atoms with Crippen LogP contribution in [-0.4, -0.2) is 25.0 Å². The highest BCUT2D eigenvalue weighted by Gasteiger charge is 2.64. The monoisotopic (exact) mass is 240 g/mol. The predicted octanol–water partition coefficient (Wildman–Crippen LogP) is 2.17. The Kier molecular flexibility index (Phi) is 4.23. The summed E-state index contributed by atoms with van der Waals surface area (Å²) >= 11 is 0. The van der Waals surface area contributed by atoms with Crippen LogP contribution in [0.2, 0.25) is 0 Å². The highest BCUT2D eigenvalue weighted by Crippen LogP contribution is 2.67. The molecule has 3 nitrogen and oxygen atoms in total. The van der Waals surface area contributed by atoms with Gasteiger partial charge >= 0.3 is 0 Å². The lowest BCUT2D eigenvalue weighted by molar-refractivity contribution is -0.120. The second kappa shape index (κ2) is 4.97. The fourth-order valence-electron chi connectivity index (χ4n) is 2.53. The third-order valence-corrected chi connectivity index (χ3v) is 5.05. The third kappa shape index (κ3) is 3.01. The normalized spacial score (nSPS) is 23.2. The van der Waals surface area contributed by atoms with Gasteiger partial charge in [-0.05, 0) is 30.1 Å². The average molecular weight is 240 g/mol. The zero-order valence-electron chi connectivity index (χ0n) is 12.2. The highest BCUT2D eigenvalue weighted by atomic mass is 16.1. The van der Waals surface area contributed by atoms with E-state index in [-0.39, 0.29) is 5.91 Å². The van der Waals surface area contributed by atoms with Crippen molar-refractivity contribution in [1.29, 1.82) is 0 Å². The van der Waals surface area contributed by atoms with Gasteiger partial charge in [-0.3, -0.25) is 4.79 Å². The Morgan fingerprint density at radius 2 is 1.76 bits per heavy atom. The van der Waals surface area contributed by atoms with E-state index in [4.69, 9.17) is 0 Å². The summed E-state index contributed by atoms with van der Waals surface area (Å²) < 4.78 is 0. The molecule has 0 radical (unpaired) electrons. The third-order valence-electron chi connectivity index (χ3n) is 5.05. The van der Waals surface area contributed by atoms with Gasteiger partial charge in [0.1, 0.15) is 0 Å². The van der Waals surface area contributed by atoms with Gasteiger partial charge in [0, 0.05) is 12.6 Å². The minimum atomic E-state index is 0.115. The molecule has 1 fully saturated rings. The maximum atomic E-state index is 11.6. The Morgan fingerprint density at radius 3 is 2.18 bits per heavy atom. The smallest absolute Gasteiger partial charge is 0.233 e. The molecule has 0 spiro atoms. The Morgan fingerprint density at radius 1 is 1.24 bits per heavy atom. The van der Waals surface area contributed by atoms with Crippen LogP contribution < -0.4 is 10.6 Å². The second-order valence-electron chi connectivity index (χ2n) is 6.49. The van der Waals surface area contributed by atoms with Crippen molar-refractivity contribution >= 4 is 5.91 Å². The van der Waals surface area contributed by atoms with Crippen LogP contribution in [-0.2, 0) is 4.79 Å². The number of carbonyl (C=O) groups excluding carboxylic acids is 1. The van der Waals surface area contributed by atoms with E-state index in [2.05, 4.69) is 52.2 Å². The summed E-state index contributed by atoms with van der Waals surface area (Å²) in [5, 5.41) is 6.24. The van der Waals surface area contributed by atoms with Gasteiger partial charge in [-0.15, -0.1) is 0 Å². The summed E-state index contributed by atoms with van der Waals surface area (Å²) in [7, 11) is 0. The van der Waals surface area contributed by atoms with Crippen molar-refractivity contribution in [2.45, 2.75) is 54.0 Å². The Balaban J connectivity index is 2.22. The van der Waals surface area contributed by atoms with Gasteiger partial charge in [0.25, 0.3) is 0 Å². The van der Waals surface area contributed by atoms with Crippen molar-refractivity contribution in [3.05, 3.63) is 0 Å². The SMILES string of the molecule is CCC(C)NCC(=O)NCC1C(C)(C)C1(C)C. The fourth-order valence-corrected chi connectivity index (χ4v) is 2.53. The molecule has 3 heteroatoms. The Labute approximate surface area is 106 Å². The van der Waals surface area contributed by atoms with Gasteiger partial charge < -0.3 is 10.6 Å². The van der Waals surface area contributed by atoms with E-state index in [0.717, 1.165) is 13.0 Å². The first-order chi connectivity index (χ1) is 7.73. The van der Waals surface area contributed by atoms with Gasteiger partial charge in [0.15, 0.2) is 0 Å². The molecule has 0 aromatic rings. The summed E-state index contributed by atoms with van der Waals surface area (Å²) in [4.78, 5) is 11.6. The van der Waals surface area contributed by atoms with Gasteiger partial charge in [-0.25, -0.2) is 0 Å². The lowest BCUT2D eigenvalue weighted by Crippen LogP contribution is -2.38. The maximum absolute atomic E-state index is 11.6. The van der Waals surface area contributed by atoms with Crippen molar-refractivity contribution in [2.75, 3.05) is 13.1 Å². The van der Waals surface area contributed by atoms with E-state index < -0.39 is 0 Å². The van der Waals surface area contributed by atoms with Crippen LogP contribution >= 0.6 is 0 Å². The molecule has 1 aliphatic rings. The van der Waals surface area contributed by atoms with E-state index in [1.54, 1.807) is 0 Å². The Hall–Kier alpha value is -0.570. The maximum Gasteiger partial charge on any atom is 0.233 e. The second-order valence-corrected chi connectivity index (χ2v) is 6.49. The molecule has 0 aromatic heterocycles. The van der Waals surface area contributed by atoms with E-state index in [0.29, 0.717) is 29.3 Å². The van der Waals surface area contributed by atoms with Gasteiger partial charge in [-0.1, -0.05) is 34.6 Å². The number of rotatable bonds is 6. The van der Waals surface area contributed by atoms with Crippen LogP contribution in [0.25, 0.3) is 0 Å². The first kappa shape index (κ1) is 14.5. The molecule has 1 saturated carbocycles. The van der Waals surface area contributed by atoms with Crippen LogP contribution in [0.4, 0.5) is 0 Å². The van der Waals surface area contributed by atoms with Gasteiger partial charge in [0.2, 0.25) is 5.91 Å². The molecule has 0 aliphatic heterocycles. The fraction of sp³-hybridized carbons (Fsp3) is 0.929. The molecular weight excluding hydrogens is 212 g/mol. The number of carbonyl (C=O) groups is 1. The van der Waals surface area contributed by atoms with Gasteiger partial charge in [0.05, 0.1) is 6.54 Å². The summed E-state index contributed by atoms with van der Waals surface area (Å²) in [5.41, 5.74) is 0.703. The molecule has 2 N–H and O–H groups in total. The van der Waals surface area contributed by atoms with Crippen molar-refractivity contribution in [3.8, 4) is 0 Å². The molecule has 1 unspecified atom stereocenters. The van der Waals surface area contributed by atoms with Crippen LogP contribution in [0.15, 0.2) is 0 Å². The van der Waals surface area contributed by atoms with Crippen molar-refractivity contribution in [1.82, 2.24) is 10.6 Å². The van der Waals surface area contributed by atoms with Crippen molar-refractivity contribution in [3.63, 3.8) is 0 Å². The van der Waals surface area contributed by atoms with Gasteiger partial charge in [-0.2, -0.15) is 0 Å². The van der Waals surface area contributed by atoms with Crippen LogP contribution in [0, 0.1) is 16.7 Å². The summed E-state index contributed by atoms with van der Waals surface area (Å²) in [6, 6.07) is 0.412. The molecular formula is C14H28N2O. The number of amides is 1. The molecule has 17 heavy (non-hydrogen) atoms. The van der Waals surface area contributed by atoms with Crippen molar-refractivity contribution < 1.29 is 4.79 Å². The lowest BCUT2D eigenvalue weighted by atomic mass is 10.0.